The first kappa shape index (κ1) is 24.7. The molecule has 0 aliphatic carbocycles. The third-order valence-corrected chi connectivity index (χ3v) is 5.84. The number of rotatable bonds is 8. The molecule has 34 heavy (non-hydrogen) atoms. The van der Waals surface area contributed by atoms with Crippen molar-refractivity contribution in [2.45, 2.75) is 19.9 Å². The average Bonchev–Trinajstić information content (AvgIpc) is 3.01. The van der Waals surface area contributed by atoms with Crippen molar-refractivity contribution in [1.82, 2.24) is 9.88 Å². The maximum atomic E-state index is 13.4. The smallest absolute Gasteiger partial charge is 0.264 e. The second kappa shape index (κ2) is 9.48. The summed E-state index contributed by atoms with van der Waals surface area (Å²) in [5.41, 5.74) is -0.128. The van der Waals surface area contributed by atoms with Crippen molar-refractivity contribution < 1.29 is 32.3 Å². The number of methoxy groups -OCH3 is 1. The number of carbonyl (C=O) groups excluding carboxylic acids is 3. The van der Waals surface area contributed by atoms with Gasteiger partial charge in [-0.25, -0.2) is 13.4 Å². The van der Waals surface area contributed by atoms with Crippen molar-refractivity contribution in [2.75, 3.05) is 31.0 Å². The number of hydrogen-bond donors (Lipinski definition) is 1. The minimum atomic E-state index is -3.71. The first-order valence-corrected chi connectivity index (χ1v) is 12.2. The Kier molecular flexibility index (Phi) is 6.88. The van der Waals surface area contributed by atoms with Crippen LogP contribution in [-0.4, -0.2) is 61.7 Å². The van der Waals surface area contributed by atoms with E-state index in [0.29, 0.717) is 0 Å². The van der Waals surface area contributed by atoms with E-state index in [-0.39, 0.29) is 46.3 Å². The highest BCUT2D eigenvalue weighted by Crippen LogP contribution is 2.37. The molecule has 1 aromatic heterocycles. The number of carbonyl (C=O) groups is 3. The number of imide groups is 1. The number of nitrogens with zero attached hydrogens (tertiary/aromatic N) is 3. The minimum Gasteiger partial charge on any atom is -0.491 e. The number of fused-ring (bicyclic) bond motifs is 1. The maximum Gasteiger partial charge on any atom is 0.264 e. The summed E-state index contributed by atoms with van der Waals surface area (Å²) in [6, 6.07) is 6.02. The second-order valence-corrected chi connectivity index (χ2v) is 9.69. The van der Waals surface area contributed by atoms with Crippen molar-refractivity contribution in [2.24, 2.45) is 0 Å². The van der Waals surface area contributed by atoms with E-state index in [1.165, 1.54) is 38.3 Å². The van der Waals surface area contributed by atoms with Gasteiger partial charge in [0.2, 0.25) is 5.91 Å². The van der Waals surface area contributed by atoms with Gasteiger partial charge in [0, 0.05) is 13.2 Å². The van der Waals surface area contributed by atoms with E-state index in [9.17, 15) is 28.1 Å². The van der Waals surface area contributed by atoms with Gasteiger partial charge in [0.05, 0.1) is 59.7 Å². The van der Waals surface area contributed by atoms with Crippen molar-refractivity contribution in [3.8, 4) is 17.7 Å². The van der Waals surface area contributed by atoms with Crippen LogP contribution in [0.4, 0.5) is 5.69 Å². The number of ether oxygens (including phenoxy) is 2. The molecular formula is C22H22N4O7S. The molecule has 0 radical (unpaired) electrons. The van der Waals surface area contributed by atoms with Crippen LogP contribution in [0.5, 0.6) is 11.6 Å². The molecule has 0 spiro atoms. The van der Waals surface area contributed by atoms with Crippen LogP contribution in [0.15, 0.2) is 24.3 Å². The Balaban J connectivity index is 2.19. The fourth-order valence-corrected chi connectivity index (χ4v) is 4.51. The van der Waals surface area contributed by atoms with E-state index in [4.69, 9.17) is 9.47 Å². The van der Waals surface area contributed by atoms with Gasteiger partial charge >= 0.3 is 0 Å². The third-order valence-electron chi connectivity index (χ3n) is 4.92. The summed E-state index contributed by atoms with van der Waals surface area (Å²) in [4.78, 5) is 43.6. The molecule has 0 saturated heterocycles. The molecule has 3 amide bonds. The number of benzene rings is 1. The predicted molar refractivity (Wildman–Crippen MR) is 120 cm³/mol. The number of anilines is 1. The van der Waals surface area contributed by atoms with Crippen LogP contribution in [-0.2, 0) is 14.6 Å². The second-order valence-electron chi connectivity index (χ2n) is 7.50. The van der Waals surface area contributed by atoms with Crippen LogP contribution in [0.1, 0.15) is 51.9 Å². The summed E-state index contributed by atoms with van der Waals surface area (Å²) in [6.07, 6.45) is 0.974. The molecule has 0 bridgehead atoms. The molecular weight excluding hydrogens is 464 g/mol. The summed E-state index contributed by atoms with van der Waals surface area (Å²) in [6.45, 7) is 3.18. The lowest BCUT2D eigenvalue weighted by Crippen LogP contribution is -2.38. The van der Waals surface area contributed by atoms with Gasteiger partial charge in [0.1, 0.15) is 9.84 Å². The Labute approximate surface area is 196 Å². The lowest BCUT2D eigenvalue weighted by atomic mass is 10.0. The van der Waals surface area contributed by atoms with Crippen LogP contribution in [0.25, 0.3) is 0 Å². The molecule has 1 aliphatic heterocycles. The Morgan fingerprint density at radius 1 is 1.26 bits per heavy atom. The first-order valence-electron chi connectivity index (χ1n) is 10.1. The van der Waals surface area contributed by atoms with E-state index < -0.39 is 39.4 Å². The zero-order chi connectivity index (χ0) is 25.2. The summed E-state index contributed by atoms with van der Waals surface area (Å²) < 4.78 is 35.2. The molecule has 2 aromatic rings. The fourth-order valence-electron chi connectivity index (χ4n) is 3.62. The van der Waals surface area contributed by atoms with Crippen LogP contribution in [0.3, 0.4) is 0 Å². The van der Waals surface area contributed by atoms with Crippen molar-refractivity contribution in [3.63, 3.8) is 0 Å². The van der Waals surface area contributed by atoms with E-state index in [0.717, 1.165) is 11.2 Å². The zero-order valence-corrected chi connectivity index (χ0v) is 19.7. The van der Waals surface area contributed by atoms with E-state index in [1.807, 2.05) is 6.07 Å². The van der Waals surface area contributed by atoms with Crippen LogP contribution < -0.4 is 14.8 Å². The molecule has 2 heterocycles. The van der Waals surface area contributed by atoms with Crippen molar-refractivity contribution in [3.05, 3.63) is 46.6 Å². The lowest BCUT2D eigenvalue weighted by Gasteiger charge is -2.26. The number of nitrogens with one attached hydrogen (secondary N) is 1. The zero-order valence-electron chi connectivity index (χ0n) is 18.9. The topological polar surface area (TPSA) is 156 Å². The summed E-state index contributed by atoms with van der Waals surface area (Å²) in [5.74, 6) is -2.39. The monoisotopic (exact) mass is 486 g/mol. The number of pyridine rings is 1. The molecule has 1 N–H and O–H groups in total. The van der Waals surface area contributed by atoms with Gasteiger partial charge in [0.15, 0.2) is 5.75 Å². The normalized spacial score (nSPS) is 13.8. The van der Waals surface area contributed by atoms with Gasteiger partial charge in [0.25, 0.3) is 17.7 Å². The van der Waals surface area contributed by atoms with Crippen LogP contribution in [0, 0.1) is 11.3 Å². The predicted octanol–water partition coefficient (Wildman–Crippen LogP) is 1.70. The molecule has 3 rings (SSSR count). The van der Waals surface area contributed by atoms with Crippen LogP contribution in [0.2, 0.25) is 0 Å². The van der Waals surface area contributed by atoms with E-state index in [1.54, 1.807) is 6.92 Å². The first-order chi connectivity index (χ1) is 16.0. The van der Waals surface area contributed by atoms with Gasteiger partial charge in [-0.2, -0.15) is 5.26 Å². The lowest BCUT2D eigenvalue weighted by molar-refractivity contribution is -0.114. The highest BCUT2D eigenvalue weighted by molar-refractivity contribution is 7.90. The van der Waals surface area contributed by atoms with Crippen molar-refractivity contribution >= 4 is 33.2 Å². The summed E-state index contributed by atoms with van der Waals surface area (Å²) >= 11 is 0. The quantitative estimate of drug-likeness (QED) is 0.549. The average molecular weight is 487 g/mol. The summed E-state index contributed by atoms with van der Waals surface area (Å²) in [5, 5.41) is 11.8. The number of nitriles is 1. The largest absolute Gasteiger partial charge is 0.491 e. The molecule has 12 heteroatoms. The molecule has 1 atom stereocenters. The highest BCUT2D eigenvalue weighted by atomic mass is 32.2. The molecule has 1 aliphatic rings. The molecule has 11 nitrogen and oxygen atoms in total. The molecule has 178 valence electrons. The Bertz CT molecular complexity index is 1330. The number of aromatic nitrogens is 1. The van der Waals surface area contributed by atoms with Gasteiger partial charge in [-0.05, 0) is 31.2 Å². The standard InChI is InChI=1S/C22H22N4O7S/c1-5-33-20-18(32-3)7-6-15(25-20)17(11-34(4,30)31)26-21(28)14-8-13(10-23)9-16(24-12(2)27)19(14)22(26)29/h6-9,17H,5,11H2,1-4H3,(H,24,27)/t17-/m0/s1. The molecule has 0 fully saturated rings. The molecule has 0 saturated carbocycles. The van der Waals surface area contributed by atoms with E-state index in [2.05, 4.69) is 10.3 Å². The van der Waals surface area contributed by atoms with Crippen LogP contribution >= 0.6 is 0 Å². The van der Waals surface area contributed by atoms with E-state index >= 15 is 0 Å². The van der Waals surface area contributed by atoms with Gasteiger partial charge in [-0.15, -0.1) is 0 Å². The number of amides is 3. The minimum absolute atomic E-state index is 0.0156. The van der Waals surface area contributed by atoms with Crippen molar-refractivity contribution in [1.29, 1.82) is 5.26 Å². The Hall–Kier alpha value is -3.98. The highest BCUT2D eigenvalue weighted by Gasteiger charge is 2.44. The number of sulfone groups is 1. The maximum absolute atomic E-state index is 13.4. The Morgan fingerprint density at radius 2 is 1.97 bits per heavy atom. The van der Waals surface area contributed by atoms with Gasteiger partial charge in [-0.1, -0.05) is 0 Å². The Morgan fingerprint density at radius 3 is 2.53 bits per heavy atom. The third kappa shape index (κ3) is 4.84. The van der Waals surface area contributed by atoms with Gasteiger partial charge < -0.3 is 14.8 Å². The molecule has 1 aromatic carbocycles. The fraction of sp³-hybridized carbons (Fsp3) is 0.318. The summed E-state index contributed by atoms with van der Waals surface area (Å²) in [7, 11) is -2.30. The molecule has 0 unspecified atom stereocenters. The van der Waals surface area contributed by atoms with Gasteiger partial charge in [-0.3, -0.25) is 19.3 Å². The SMILES string of the molecule is CCOc1nc([C@H](CS(C)(=O)=O)N2C(=O)c3cc(C#N)cc(NC(C)=O)c3C2=O)ccc1OC. The number of hydrogen-bond acceptors (Lipinski definition) is 9.